The minimum Gasteiger partial charge on any atom is -0.491 e. The van der Waals surface area contributed by atoms with Crippen LogP contribution in [0, 0.1) is 0 Å². The van der Waals surface area contributed by atoms with Crippen molar-refractivity contribution in [1.29, 1.82) is 0 Å². The Bertz CT molecular complexity index is 1040. The molecule has 3 aromatic rings. The third-order valence-electron chi connectivity index (χ3n) is 3.70. The predicted molar refractivity (Wildman–Crippen MR) is 105 cm³/mol. The SMILES string of the molecule is C=COC(=O)Oc1ccc2c(=O)c3ccc(OCCOCC)cc3sc2c1. The molecule has 0 unspecified atom stereocenters. The van der Waals surface area contributed by atoms with E-state index in [1.165, 1.54) is 11.3 Å². The molecule has 0 aliphatic rings. The number of carbonyl (C=O) groups excluding carboxylic acids is 1. The largest absolute Gasteiger partial charge is 0.518 e. The van der Waals surface area contributed by atoms with Gasteiger partial charge in [-0.15, -0.1) is 11.3 Å². The average molecular weight is 386 g/mol. The zero-order valence-electron chi connectivity index (χ0n) is 14.7. The van der Waals surface area contributed by atoms with Crippen molar-refractivity contribution < 1.29 is 23.7 Å². The maximum Gasteiger partial charge on any atom is 0.518 e. The van der Waals surface area contributed by atoms with Crippen molar-refractivity contribution in [2.24, 2.45) is 0 Å². The lowest BCUT2D eigenvalue weighted by Gasteiger charge is -2.08. The van der Waals surface area contributed by atoms with Crippen LogP contribution in [0.5, 0.6) is 11.5 Å². The molecule has 140 valence electrons. The number of benzene rings is 2. The molecule has 3 rings (SSSR count). The van der Waals surface area contributed by atoms with E-state index in [4.69, 9.17) is 14.2 Å². The summed E-state index contributed by atoms with van der Waals surface area (Å²) in [5.41, 5.74) is -0.0835. The van der Waals surface area contributed by atoms with Crippen LogP contribution in [0.3, 0.4) is 0 Å². The third-order valence-corrected chi connectivity index (χ3v) is 4.81. The quantitative estimate of drug-likeness (QED) is 0.196. The molecule has 6 nitrogen and oxygen atoms in total. The van der Waals surface area contributed by atoms with E-state index in [-0.39, 0.29) is 11.2 Å². The van der Waals surface area contributed by atoms with Crippen LogP contribution < -0.4 is 14.9 Å². The highest BCUT2D eigenvalue weighted by Crippen LogP contribution is 2.30. The first-order valence-corrected chi connectivity index (χ1v) is 9.14. The summed E-state index contributed by atoms with van der Waals surface area (Å²) in [6, 6.07) is 10.2. The monoisotopic (exact) mass is 386 g/mol. The minimum absolute atomic E-state index is 0.0835. The van der Waals surface area contributed by atoms with Crippen LogP contribution in [-0.2, 0) is 9.47 Å². The van der Waals surface area contributed by atoms with Gasteiger partial charge in [-0.1, -0.05) is 6.58 Å². The summed E-state index contributed by atoms with van der Waals surface area (Å²) in [6.45, 7) is 6.80. The summed E-state index contributed by atoms with van der Waals surface area (Å²) in [5.74, 6) is 0.952. The number of carbonyl (C=O) groups is 1. The normalized spacial score (nSPS) is 10.7. The summed E-state index contributed by atoms with van der Waals surface area (Å²) in [6.07, 6.45) is 0.102. The van der Waals surface area contributed by atoms with E-state index < -0.39 is 6.16 Å². The lowest BCUT2D eigenvalue weighted by molar-refractivity contribution is 0.110. The van der Waals surface area contributed by atoms with Crippen LogP contribution >= 0.6 is 11.3 Å². The fourth-order valence-corrected chi connectivity index (χ4v) is 3.65. The summed E-state index contributed by atoms with van der Waals surface area (Å²) in [7, 11) is 0. The highest BCUT2D eigenvalue weighted by Gasteiger charge is 2.10. The first kappa shape index (κ1) is 18.9. The Morgan fingerprint density at radius 1 is 1.07 bits per heavy atom. The van der Waals surface area contributed by atoms with Gasteiger partial charge in [0.1, 0.15) is 18.1 Å². The molecule has 0 bridgehead atoms. The van der Waals surface area contributed by atoms with E-state index in [1.54, 1.807) is 30.3 Å². The average Bonchev–Trinajstić information content (AvgIpc) is 2.65. The molecule has 0 spiro atoms. The van der Waals surface area contributed by atoms with Gasteiger partial charge in [0.25, 0.3) is 0 Å². The van der Waals surface area contributed by atoms with Crippen molar-refractivity contribution in [2.45, 2.75) is 6.92 Å². The highest BCUT2D eigenvalue weighted by atomic mass is 32.1. The second kappa shape index (κ2) is 8.66. The molecule has 27 heavy (non-hydrogen) atoms. The smallest absolute Gasteiger partial charge is 0.491 e. The zero-order chi connectivity index (χ0) is 19.2. The standard InChI is InChI=1S/C20H18O6S/c1-3-23-9-10-25-13-5-7-15-17(11-13)27-18-12-14(26-20(22)24-4-2)6-8-16(18)19(15)21/h4-8,11-12H,2-3,9-10H2,1H3. The maximum absolute atomic E-state index is 12.7. The molecule has 0 aliphatic carbocycles. The van der Waals surface area contributed by atoms with Gasteiger partial charge in [-0.25, -0.2) is 4.79 Å². The Balaban J connectivity index is 1.93. The molecule has 1 aromatic heterocycles. The fourth-order valence-electron chi connectivity index (χ4n) is 2.52. The molecule has 2 aromatic carbocycles. The van der Waals surface area contributed by atoms with Gasteiger partial charge < -0.3 is 18.9 Å². The number of hydrogen-bond donors (Lipinski definition) is 0. The van der Waals surface area contributed by atoms with Gasteiger partial charge in [0.15, 0.2) is 5.43 Å². The zero-order valence-corrected chi connectivity index (χ0v) is 15.5. The number of hydrogen-bond acceptors (Lipinski definition) is 7. The van der Waals surface area contributed by atoms with Gasteiger partial charge in [0, 0.05) is 26.8 Å². The lowest BCUT2D eigenvalue weighted by Crippen LogP contribution is -2.07. The minimum atomic E-state index is -0.887. The Morgan fingerprint density at radius 3 is 2.41 bits per heavy atom. The highest BCUT2D eigenvalue weighted by molar-refractivity contribution is 7.24. The Hall–Kier alpha value is -2.90. The van der Waals surface area contributed by atoms with Crippen LogP contribution in [0.2, 0.25) is 0 Å². The Labute approximate surface area is 159 Å². The Kier molecular flexibility index (Phi) is 6.05. The van der Waals surface area contributed by atoms with Crippen molar-refractivity contribution in [1.82, 2.24) is 0 Å². The molecule has 0 radical (unpaired) electrons. The number of ether oxygens (including phenoxy) is 4. The van der Waals surface area contributed by atoms with E-state index in [2.05, 4.69) is 11.3 Å². The molecular weight excluding hydrogens is 368 g/mol. The Morgan fingerprint density at radius 2 is 1.74 bits per heavy atom. The van der Waals surface area contributed by atoms with Crippen molar-refractivity contribution in [3.05, 3.63) is 59.5 Å². The molecule has 0 atom stereocenters. The van der Waals surface area contributed by atoms with E-state index in [0.29, 0.717) is 41.0 Å². The van der Waals surface area contributed by atoms with Crippen LogP contribution in [0.4, 0.5) is 4.79 Å². The maximum atomic E-state index is 12.7. The molecule has 7 heteroatoms. The van der Waals surface area contributed by atoms with Gasteiger partial charge in [-0.2, -0.15) is 0 Å². The van der Waals surface area contributed by atoms with Crippen LogP contribution in [0.1, 0.15) is 6.92 Å². The van der Waals surface area contributed by atoms with E-state index in [1.807, 2.05) is 13.0 Å². The second-order valence-electron chi connectivity index (χ2n) is 5.43. The van der Waals surface area contributed by atoms with Crippen molar-refractivity contribution in [3.8, 4) is 11.5 Å². The molecule has 0 N–H and O–H groups in total. The molecule has 0 saturated carbocycles. The van der Waals surface area contributed by atoms with Crippen LogP contribution in [0.15, 0.2) is 54.0 Å². The van der Waals surface area contributed by atoms with Crippen molar-refractivity contribution >= 4 is 37.7 Å². The van der Waals surface area contributed by atoms with Gasteiger partial charge in [0.05, 0.1) is 12.9 Å². The van der Waals surface area contributed by atoms with Crippen LogP contribution in [0.25, 0.3) is 20.2 Å². The molecule has 0 amide bonds. The third kappa shape index (κ3) is 4.45. The predicted octanol–water partition coefficient (Wildman–Crippen LogP) is 4.49. The first-order chi connectivity index (χ1) is 13.1. The van der Waals surface area contributed by atoms with Crippen LogP contribution in [-0.4, -0.2) is 26.0 Å². The summed E-state index contributed by atoms with van der Waals surface area (Å²) >= 11 is 1.41. The lowest BCUT2D eigenvalue weighted by atomic mass is 10.2. The van der Waals surface area contributed by atoms with Crippen molar-refractivity contribution in [3.63, 3.8) is 0 Å². The number of fused-ring (bicyclic) bond motifs is 2. The molecule has 0 fully saturated rings. The fraction of sp³-hybridized carbons (Fsp3) is 0.200. The van der Waals surface area contributed by atoms with Gasteiger partial charge in [0.2, 0.25) is 0 Å². The summed E-state index contributed by atoms with van der Waals surface area (Å²) < 4.78 is 22.0. The van der Waals surface area contributed by atoms with Gasteiger partial charge in [-0.05, 0) is 43.3 Å². The molecular formula is C20H18O6S. The topological polar surface area (TPSA) is 71.1 Å². The summed E-state index contributed by atoms with van der Waals surface area (Å²) in [5, 5.41) is 1.17. The van der Waals surface area contributed by atoms with E-state index in [9.17, 15) is 9.59 Å². The summed E-state index contributed by atoms with van der Waals surface area (Å²) in [4.78, 5) is 24.2. The van der Waals surface area contributed by atoms with E-state index in [0.717, 1.165) is 11.0 Å². The van der Waals surface area contributed by atoms with Gasteiger partial charge in [-0.3, -0.25) is 4.79 Å². The molecule has 0 aliphatic heterocycles. The molecule has 0 saturated heterocycles. The van der Waals surface area contributed by atoms with Gasteiger partial charge >= 0.3 is 6.16 Å². The first-order valence-electron chi connectivity index (χ1n) is 8.33. The van der Waals surface area contributed by atoms with E-state index >= 15 is 0 Å². The van der Waals surface area contributed by atoms with Crippen molar-refractivity contribution in [2.75, 3.05) is 19.8 Å². The molecule has 1 heterocycles. The number of rotatable bonds is 7. The second-order valence-corrected chi connectivity index (χ2v) is 6.51.